The van der Waals surface area contributed by atoms with Gasteiger partial charge < -0.3 is 14.9 Å². The van der Waals surface area contributed by atoms with E-state index in [9.17, 15) is 5.11 Å². The number of benzene rings is 1. The molecular weight excluding hydrogens is 356 g/mol. The number of nitrogens with zero attached hydrogens (tertiary/aromatic N) is 2. The van der Waals surface area contributed by atoms with E-state index in [0.717, 1.165) is 45.6 Å². The van der Waals surface area contributed by atoms with E-state index < -0.39 is 5.60 Å². The van der Waals surface area contributed by atoms with Crippen molar-refractivity contribution in [3.8, 4) is 0 Å². The highest BCUT2D eigenvalue weighted by Crippen LogP contribution is 2.34. The Balaban J connectivity index is 1.76. The van der Waals surface area contributed by atoms with Crippen molar-refractivity contribution in [1.29, 1.82) is 0 Å². The lowest BCUT2D eigenvalue weighted by molar-refractivity contribution is -0.0480. The quantitative estimate of drug-likeness (QED) is 0.766. The average molecular weight is 401 g/mol. The van der Waals surface area contributed by atoms with Crippen molar-refractivity contribution in [2.75, 3.05) is 39.8 Å². The second-order valence-electron chi connectivity index (χ2n) is 9.94. The SMILES string of the molecule is Cc1cccc(CC2(O)CCCCCCCCCCC2CN2CCN(C)CC2)c1. The molecule has 2 aliphatic rings. The number of rotatable bonds is 4. The van der Waals surface area contributed by atoms with Gasteiger partial charge in [-0.3, -0.25) is 0 Å². The molecule has 2 atom stereocenters. The van der Waals surface area contributed by atoms with Crippen LogP contribution in [0.25, 0.3) is 0 Å². The molecule has 3 heteroatoms. The van der Waals surface area contributed by atoms with Gasteiger partial charge in [0.1, 0.15) is 0 Å². The van der Waals surface area contributed by atoms with Gasteiger partial charge in [-0.2, -0.15) is 0 Å². The summed E-state index contributed by atoms with van der Waals surface area (Å²) < 4.78 is 0. The molecule has 2 unspecified atom stereocenters. The van der Waals surface area contributed by atoms with Crippen LogP contribution in [0.4, 0.5) is 0 Å². The fraction of sp³-hybridized carbons (Fsp3) is 0.769. The van der Waals surface area contributed by atoms with Crippen molar-refractivity contribution in [3.63, 3.8) is 0 Å². The van der Waals surface area contributed by atoms with Crippen LogP contribution < -0.4 is 0 Å². The maximum atomic E-state index is 12.1. The highest BCUT2D eigenvalue weighted by atomic mass is 16.3. The first-order chi connectivity index (χ1) is 14.0. The standard InChI is InChI=1S/C26H44N2O/c1-23-12-11-13-24(20-23)21-26(29)15-10-8-6-4-3-5-7-9-14-25(26)22-28-18-16-27(2)17-19-28/h11-13,20,25,29H,3-10,14-19,21-22H2,1-2H3. The van der Waals surface area contributed by atoms with Crippen molar-refractivity contribution in [2.24, 2.45) is 5.92 Å². The molecule has 0 aromatic heterocycles. The maximum absolute atomic E-state index is 12.1. The maximum Gasteiger partial charge on any atom is 0.0728 e. The monoisotopic (exact) mass is 400 g/mol. The number of aryl methyl sites for hydroxylation is 1. The molecule has 0 spiro atoms. The molecule has 29 heavy (non-hydrogen) atoms. The predicted molar refractivity (Wildman–Crippen MR) is 123 cm³/mol. The van der Waals surface area contributed by atoms with Crippen molar-refractivity contribution >= 4 is 0 Å². The highest BCUT2D eigenvalue weighted by Gasteiger charge is 2.37. The molecule has 0 bridgehead atoms. The molecule has 3 nitrogen and oxygen atoms in total. The number of aliphatic hydroxyl groups is 1. The minimum Gasteiger partial charge on any atom is -0.389 e. The van der Waals surface area contributed by atoms with Crippen LogP contribution in [0.15, 0.2) is 24.3 Å². The Labute approximate surface area is 179 Å². The van der Waals surface area contributed by atoms with Crippen LogP contribution in [0.3, 0.4) is 0 Å². The second kappa shape index (κ2) is 11.5. The van der Waals surface area contributed by atoms with Crippen molar-refractivity contribution in [2.45, 2.75) is 83.2 Å². The van der Waals surface area contributed by atoms with E-state index in [-0.39, 0.29) is 0 Å². The Hall–Kier alpha value is -0.900. The van der Waals surface area contributed by atoms with Crippen molar-refractivity contribution < 1.29 is 5.11 Å². The lowest BCUT2D eigenvalue weighted by atomic mass is 9.75. The highest BCUT2D eigenvalue weighted by molar-refractivity contribution is 5.24. The first-order valence-corrected chi connectivity index (χ1v) is 12.2. The minimum atomic E-state index is -0.573. The Morgan fingerprint density at radius 1 is 0.931 bits per heavy atom. The summed E-state index contributed by atoms with van der Waals surface area (Å²) in [6, 6.07) is 8.81. The number of likely N-dealkylation sites (N-methyl/N-ethyl adjacent to an activating group) is 1. The number of hydrogen-bond acceptors (Lipinski definition) is 3. The molecule has 1 saturated heterocycles. The molecule has 3 rings (SSSR count). The zero-order valence-electron chi connectivity index (χ0n) is 19.0. The third-order valence-corrected chi connectivity index (χ3v) is 7.34. The van der Waals surface area contributed by atoms with Crippen LogP contribution in [0.2, 0.25) is 0 Å². The normalized spacial score (nSPS) is 29.1. The molecule has 1 aromatic rings. The van der Waals surface area contributed by atoms with Gasteiger partial charge in [0.15, 0.2) is 0 Å². The molecule has 2 fully saturated rings. The van der Waals surface area contributed by atoms with E-state index in [1.54, 1.807) is 0 Å². The van der Waals surface area contributed by atoms with E-state index in [0.29, 0.717) is 5.92 Å². The Kier molecular flexibility index (Phi) is 9.02. The molecule has 1 aromatic carbocycles. The summed E-state index contributed by atoms with van der Waals surface area (Å²) in [5, 5.41) is 12.1. The van der Waals surface area contributed by atoms with Gasteiger partial charge in [0.25, 0.3) is 0 Å². The van der Waals surface area contributed by atoms with Gasteiger partial charge >= 0.3 is 0 Å². The van der Waals surface area contributed by atoms with Crippen LogP contribution in [0, 0.1) is 12.8 Å². The molecular formula is C26H44N2O. The molecule has 1 N–H and O–H groups in total. The van der Waals surface area contributed by atoms with Crippen molar-refractivity contribution in [1.82, 2.24) is 9.80 Å². The number of piperazine rings is 1. The molecule has 1 saturated carbocycles. The largest absolute Gasteiger partial charge is 0.389 e. The van der Waals surface area contributed by atoms with Crippen LogP contribution >= 0.6 is 0 Å². The van der Waals surface area contributed by atoms with Crippen LogP contribution in [-0.2, 0) is 6.42 Å². The zero-order chi connectivity index (χ0) is 20.5. The summed E-state index contributed by atoms with van der Waals surface area (Å²) in [6.45, 7) is 7.83. The van der Waals surface area contributed by atoms with E-state index in [2.05, 4.69) is 48.0 Å². The van der Waals surface area contributed by atoms with Gasteiger partial charge in [0.2, 0.25) is 0 Å². The van der Waals surface area contributed by atoms with E-state index >= 15 is 0 Å². The predicted octanol–water partition coefficient (Wildman–Crippen LogP) is 5.05. The van der Waals surface area contributed by atoms with Crippen LogP contribution in [0.1, 0.15) is 75.3 Å². The lowest BCUT2D eigenvalue weighted by Crippen LogP contribution is -2.51. The Morgan fingerprint density at radius 2 is 1.59 bits per heavy atom. The molecule has 0 amide bonds. The van der Waals surface area contributed by atoms with Gasteiger partial charge in [-0.05, 0) is 32.4 Å². The summed E-state index contributed by atoms with van der Waals surface area (Å²) >= 11 is 0. The van der Waals surface area contributed by atoms with Crippen LogP contribution in [-0.4, -0.2) is 60.3 Å². The molecule has 1 aliphatic carbocycles. The fourth-order valence-electron chi connectivity index (χ4n) is 5.37. The molecule has 1 aliphatic heterocycles. The van der Waals surface area contributed by atoms with Crippen LogP contribution in [0.5, 0.6) is 0 Å². The minimum absolute atomic E-state index is 0.380. The molecule has 1 heterocycles. The second-order valence-corrected chi connectivity index (χ2v) is 9.94. The summed E-state index contributed by atoms with van der Waals surface area (Å²) in [7, 11) is 2.22. The average Bonchev–Trinajstić information content (AvgIpc) is 2.69. The fourth-order valence-corrected chi connectivity index (χ4v) is 5.37. The summed E-state index contributed by atoms with van der Waals surface area (Å²) in [5.74, 6) is 0.380. The third-order valence-electron chi connectivity index (χ3n) is 7.34. The topological polar surface area (TPSA) is 26.7 Å². The lowest BCUT2D eigenvalue weighted by Gasteiger charge is -2.42. The first-order valence-electron chi connectivity index (χ1n) is 12.2. The van der Waals surface area contributed by atoms with Gasteiger partial charge in [-0.15, -0.1) is 0 Å². The Bertz CT molecular complexity index is 596. The summed E-state index contributed by atoms with van der Waals surface area (Å²) in [4.78, 5) is 5.05. The number of hydrogen-bond donors (Lipinski definition) is 1. The van der Waals surface area contributed by atoms with Gasteiger partial charge in [-0.1, -0.05) is 81.2 Å². The summed E-state index contributed by atoms with van der Waals surface area (Å²) in [5.41, 5.74) is 2.04. The van der Waals surface area contributed by atoms with Gasteiger partial charge in [0.05, 0.1) is 5.60 Å². The van der Waals surface area contributed by atoms with Crippen molar-refractivity contribution in [3.05, 3.63) is 35.4 Å². The zero-order valence-corrected chi connectivity index (χ0v) is 19.0. The smallest absolute Gasteiger partial charge is 0.0728 e. The van der Waals surface area contributed by atoms with E-state index in [4.69, 9.17) is 0 Å². The summed E-state index contributed by atoms with van der Waals surface area (Å²) in [6.07, 6.45) is 13.5. The first kappa shape index (κ1) is 22.8. The van der Waals surface area contributed by atoms with E-state index in [1.165, 1.54) is 68.9 Å². The Morgan fingerprint density at radius 3 is 2.28 bits per heavy atom. The van der Waals surface area contributed by atoms with E-state index in [1.807, 2.05) is 0 Å². The molecule has 164 valence electrons. The van der Waals surface area contributed by atoms with Gasteiger partial charge in [0, 0.05) is 45.1 Å². The van der Waals surface area contributed by atoms with Gasteiger partial charge in [-0.25, -0.2) is 0 Å². The molecule has 0 radical (unpaired) electrons. The third kappa shape index (κ3) is 7.38.